The lowest BCUT2D eigenvalue weighted by Gasteiger charge is -2.08. The normalized spacial score (nSPS) is 10.5. The highest BCUT2D eigenvalue weighted by Gasteiger charge is 2.23. The zero-order valence-corrected chi connectivity index (χ0v) is 15.6. The first-order chi connectivity index (χ1) is 14.2. The van der Waals surface area contributed by atoms with E-state index in [4.69, 9.17) is 9.15 Å². The molecule has 0 bridgehead atoms. The quantitative estimate of drug-likeness (QED) is 0.509. The molecule has 29 heavy (non-hydrogen) atoms. The molecule has 4 rings (SSSR count). The van der Waals surface area contributed by atoms with E-state index >= 15 is 0 Å². The number of amides is 2. The SMILES string of the molecule is COc1cccc(NC(=O)c2oc3ccccc3c2NC(=O)c2ccccc2)c1. The van der Waals surface area contributed by atoms with Crippen LogP contribution in [0.3, 0.4) is 0 Å². The average molecular weight is 386 g/mol. The van der Waals surface area contributed by atoms with E-state index in [1.807, 2.05) is 12.1 Å². The summed E-state index contributed by atoms with van der Waals surface area (Å²) in [5.41, 5.74) is 1.87. The first kappa shape index (κ1) is 18.3. The Labute approximate surface area is 167 Å². The fraction of sp³-hybridized carbons (Fsp3) is 0.0435. The van der Waals surface area contributed by atoms with Crippen LogP contribution >= 0.6 is 0 Å². The minimum atomic E-state index is -0.474. The van der Waals surface area contributed by atoms with Crippen molar-refractivity contribution >= 4 is 34.2 Å². The molecule has 2 N–H and O–H groups in total. The number of methoxy groups -OCH3 is 1. The number of furan rings is 1. The molecule has 1 aromatic heterocycles. The fourth-order valence-electron chi connectivity index (χ4n) is 2.99. The number of nitrogens with one attached hydrogen (secondary N) is 2. The standard InChI is InChI=1S/C23H18N2O4/c1-28-17-11-7-10-16(14-17)24-23(27)21-20(18-12-5-6-13-19(18)29-21)25-22(26)15-8-3-2-4-9-15/h2-14H,1H3,(H,24,27)(H,25,26). The van der Waals surface area contributed by atoms with Crippen molar-refractivity contribution < 1.29 is 18.7 Å². The molecule has 4 aromatic rings. The minimum Gasteiger partial charge on any atom is -0.497 e. The van der Waals surface area contributed by atoms with Crippen molar-refractivity contribution in [3.8, 4) is 5.75 Å². The topological polar surface area (TPSA) is 80.6 Å². The molecule has 0 radical (unpaired) electrons. The molecule has 6 nitrogen and oxygen atoms in total. The van der Waals surface area contributed by atoms with Crippen molar-refractivity contribution in [2.45, 2.75) is 0 Å². The van der Waals surface area contributed by atoms with E-state index < -0.39 is 5.91 Å². The Morgan fingerprint density at radius 3 is 2.38 bits per heavy atom. The van der Waals surface area contributed by atoms with Gasteiger partial charge in [-0.05, 0) is 36.4 Å². The highest BCUT2D eigenvalue weighted by atomic mass is 16.5. The maximum Gasteiger partial charge on any atom is 0.293 e. The molecule has 0 saturated carbocycles. The lowest BCUT2D eigenvalue weighted by atomic mass is 10.1. The van der Waals surface area contributed by atoms with E-state index in [1.165, 1.54) is 0 Å². The molecule has 0 aliphatic carbocycles. The third-order valence-corrected chi connectivity index (χ3v) is 4.40. The van der Waals surface area contributed by atoms with E-state index in [1.54, 1.807) is 73.8 Å². The predicted octanol–water partition coefficient (Wildman–Crippen LogP) is 4.95. The van der Waals surface area contributed by atoms with E-state index in [0.29, 0.717) is 33.7 Å². The number of fused-ring (bicyclic) bond motifs is 1. The Balaban J connectivity index is 1.69. The molecule has 0 atom stereocenters. The van der Waals surface area contributed by atoms with E-state index in [-0.39, 0.29) is 11.7 Å². The molecule has 1 heterocycles. The van der Waals surface area contributed by atoms with Gasteiger partial charge in [-0.25, -0.2) is 0 Å². The van der Waals surface area contributed by atoms with Crippen LogP contribution in [0, 0.1) is 0 Å². The molecule has 144 valence electrons. The van der Waals surface area contributed by atoms with Gasteiger partial charge in [-0.15, -0.1) is 0 Å². The van der Waals surface area contributed by atoms with E-state index in [0.717, 1.165) is 0 Å². The van der Waals surface area contributed by atoms with Gasteiger partial charge in [-0.2, -0.15) is 0 Å². The largest absolute Gasteiger partial charge is 0.497 e. The zero-order chi connectivity index (χ0) is 20.2. The number of para-hydroxylation sites is 1. The maximum atomic E-state index is 12.9. The number of carbonyl (C=O) groups excluding carboxylic acids is 2. The second-order valence-electron chi connectivity index (χ2n) is 6.31. The van der Waals surface area contributed by atoms with Crippen molar-refractivity contribution in [2.75, 3.05) is 17.7 Å². The molecule has 3 aromatic carbocycles. The number of rotatable bonds is 5. The fourth-order valence-corrected chi connectivity index (χ4v) is 2.99. The van der Waals surface area contributed by atoms with Gasteiger partial charge in [0.25, 0.3) is 11.8 Å². The molecule has 0 aliphatic rings. The summed E-state index contributed by atoms with van der Waals surface area (Å²) in [5.74, 6) is -0.159. The van der Waals surface area contributed by atoms with Crippen LogP contribution in [0.25, 0.3) is 11.0 Å². The van der Waals surface area contributed by atoms with Gasteiger partial charge >= 0.3 is 0 Å². The smallest absolute Gasteiger partial charge is 0.293 e. The predicted molar refractivity (Wildman–Crippen MR) is 112 cm³/mol. The first-order valence-corrected chi connectivity index (χ1v) is 8.99. The van der Waals surface area contributed by atoms with Crippen LogP contribution < -0.4 is 15.4 Å². The van der Waals surface area contributed by atoms with E-state index in [2.05, 4.69) is 10.6 Å². The van der Waals surface area contributed by atoms with Crippen LogP contribution in [0.1, 0.15) is 20.9 Å². The number of hydrogen-bond donors (Lipinski definition) is 2. The number of carbonyl (C=O) groups is 2. The Bertz CT molecular complexity index is 1180. The van der Waals surface area contributed by atoms with Gasteiger partial charge < -0.3 is 19.8 Å². The molecular formula is C23H18N2O4. The van der Waals surface area contributed by atoms with Crippen molar-refractivity contribution in [3.05, 3.63) is 90.2 Å². The Hall–Kier alpha value is -4.06. The van der Waals surface area contributed by atoms with E-state index in [9.17, 15) is 9.59 Å². The minimum absolute atomic E-state index is 0.0262. The van der Waals surface area contributed by atoms with Gasteiger partial charge in [0, 0.05) is 22.7 Å². The molecule has 0 saturated heterocycles. The van der Waals surface area contributed by atoms with Gasteiger partial charge in [0.05, 0.1) is 7.11 Å². The van der Waals surface area contributed by atoms with Gasteiger partial charge in [-0.3, -0.25) is 9.59 Å². The highest BCUT2D eigenvalue weighted by molar-refractivity contribution is 6.16. The number of anilines is 2. The van der Waals surface area contributed by atoms with Crippen molar-refractivity contribution in [1.82, 2.24) is 0 Å². The lowest BCUT2D eigenvalue weighted by Crippen LogP contribution is -2.17. The number of benzene rings is 3. The Morgan fingerprint density at radius 2 is 1.59 bits per heavy atom. The van der Waals surface area contributed by atoms with Gasteiger partial charge in [0.2, 0.25) is 5.76 Å². The van der Waals surface area contributed by atoms with Crippen LogP contribution in [0.2, 0.25) is 0 Å². The van der Waals surface area contributed by atoms with Crippen LogP contribution in [0.4, 0.5) is 11.4 Å². The molecule has 0 spiro atoms. The van der Waals surface area contributed by atoms with Crippen molar-refractivity contribution in [1.29, 1.82) is 0 Å². The molecule has 2 amide bonds. The monoisotopic (exact) mass is 386 g/mol. The lowest BCUT2D eigenvalue weighted by molar-refractivity contribution is 0.0999. The second kappa shape index (κ2) is 7.90. The van der Waals surface area contributed by atoms with Crippen molar-refractivity contribution in [2.24, 2.45) is 0 Å². The summed E-state index contributed by atoms with van der Waals surface area (Å²) in [5, 5.41) is 6.25. The second-order valence-corrected chi connectivity index (χ2v) is 6.31. The van der Waals surface area contributed by atoms with Crippen LogP contribution in [0.15, 0.2) is 83.3 Å². The molecule has 0 unspecified atom stereocenters. The summed E-state index contributed by atoms with van der Waals surface area (Å²) in [6.07, 6.45) is 0. The van der Waals surface area contributed by atoms with Gasteiger partial charge in [-0.1, -0.05) is 36.4 Å². The number of ether oxygens (including phenoxy) is 1. The number of hydrogen-bond acceptors (Lipinski definition) is 4. The summed E-state index contributed by atoms with van der Waals surface area (Å²) in [7, 11) is 1.55. The summed E-state index contributed by atoms with van der Waals surface area (Å²) < 4.78 is 11.0. The van der Waals surface area contributed by atoms with Crippen LogP contribution in [-0.2, 0) is 0 Å². The summed E-state index contributed by atoms with van der Waals surface area (Å²) in [6, 6.07) is 22.9. The summed E-state index contributed by atoms with van der Waals surface area (Å²) in [4.78, 5) is 25.6. The molecule has 6 heteroatoms. The summed E-state index contributed by atoms with van der Waals surface area (Å²) in [6.45, 7) is 0. The molecule has 0 fully saturated rings. The Kier molecular flexibility index (Phi) is 4.99. The maximum absolute atomic E-state index is 12.9. The van der Waals surface area contributed by atoms with Gasteiger partial charge in [0.15, 0.2) is 0 Å². The van der Waals surface area contributed by atoms with Crippen LogP contribution in [0.5, 0.6) is 5.75 Å². The average Bonchev–Trinajstić information content (AvgIpc) is 3.13. The summed E-state index contributed by atoms with van der Waals surface area (Å²) >= 11 is 0. The Morgan fingerprint density at radius 1 is 0.828 bits per heavy atom. The molecular weight excluding hydrogens is 368 g/mol. The van der Waals surface area contributed by atoms with Crippen molar-refractivity contribution in [3.63, 3.8) is 0 Å². The first-order valence-electron chi connectivity index (χ1n) is 8.99. The highest BCUT2D eigenvalue weighted by Crippen LogP contribution is 2.32. The van der Waals surface area contributed by atoms with Crippen LogP contribution in [-0.4, -0.2) is 18.9 Å². The molecule has 0 aliphatic heterocycles. The third kappa shape index (κ3) is 3.82. The van der Waals surface area contributed by atoms with Gasteiger partial charge in [0.1, 0.15) is 17.0 Å². The zero-order valence-electron chi connectivity index (χ0n) is 15.6. The third-order valence-electron chi connectivity index (χ3n) is 4.40.